The minimum Gasteiger partial charge on any atom is -0.240 e. The summed E-state index contributed by atoms with van der Waals surface area (Å²) >= 11 is 1.77. The summed E-state index contributed by atoms with van der Waals surface area (Å²) in [5.74, 6) is 0. The van der Waals surface area contributed by atoms with Crippen molar-refractivity contribution in [3.63, 3.8) is 0 Å². The lowest BCUT2D eigenvalue weighted by Crippen LogP contribution is -1.96. The molecule has 0 radical (unpaired) electrons. The molecule has 0 saturated heterocycles. The average Bonchev–Trinajstić information content (AvgIpc) is 3.11. The van der Waals surface area contributed by atoms with Crippen molar-refractivity contribution in [3.8, 4) is 16.9 Å². The zero-order valence-corrected chi connectivity index (χ0v) is 13.6. The molecular weight excluding hydrogens is 300 g/mol. The fraction of sp³-hybridized carbons (Fsp3) is 0.0500. The topological polar surface area (TPSA) is 17.8 Å². The number of benzene rings is 3. The van der Waals surface area contributed by atoms with Crippen molar-refractivity contribution < 1.29 is 0 Å². The zero-order valence-electron chi connectivity index (χ0n) is 12.8. The summed E-state index contributed by atoms with van der Waals surface area (Å²) in [7, 11) is 0. The van der Waals surface area contributed by atoms with Crippen LogP contribution in [0.1, 0.15) is 0 Å². The molecule has 0 unspecified atom stereocenters. The number of aromatic nitrogens is 2. The highest BCUT2D eigenvalue weighted by atomic mass is 32.2. The van der Waals surface area contributed by atoms with Crippen molar-refractivity contribution in [1.82, 2.24) is 9.78 Å². The number of nitrogens with zero attached hydrogens (tertiary/aromatic N) is 2. The van der Waals surface area contributed by atoms with Crippen LogP contribution in [-0.2, 0) is 0 Å². The smallest absolute Gasteiger partial charge is 0.0927 e. The monoisotopic (exact) mass is 316 g/mol. The molecule has 0 saturated carbocycles. The number of fused-ring (bicyclic) bond motifs is 1. The largest absolute Gasteiger partial charge is 0.240 e. The van der Waals surface area contributed by atoms with Gasteiger partial charge in [0.05, 0.1) is 11.4 Å². The average molecular weight is 316 g/mol. The molecule has 0 fully saturated rings. The molecular formula is C20H16N2S. The molecule has 0 N–H and O–H groups in total. The lowest BCUT2D eigenvalue weighted by molar-refractivity contribution is 0.891. The Morgan fingerprint density at radius 2 is 1.57 bits per heavy atom. The summed E-state index contributed by atoms with van der Waals surface area (Å²) in [6.45, 7) is 0. The summed E-state index contributed by atoms with van der Waals surface area (Å²) < 4.78 is 1.97. The van der Waals surface area contributed by atoms with Crippen LogP contribution in [0.25, 0.3) is 27.7 Å². The van der Waals surface area contributed by atoms with Gasteiger partial charge in [0, 0.05) is 22.0 Å². The maximum Gasteiger partial charge on any atom is 0.0927 e. The van der Waals surface area contributed by atoms with Crippen LogP contribution in [0.15, 0.2) is 83.9 Å². The molecule has 0 amide bonds. The van der Waals surface area contributed by atoms with Gasteiger partial charge in [-0.15, -0.1) is 11.8 Å². The van der Waals surface area contributed by atoms with Gasteiger partial charge in [-0.1, -0.05) is 54.6 Å². The van der Waals surface area contributed by atoms with Crippen LogP contribution in [0.2, 0.25) is 0 Å². The molecule has 3 heteroatoms. The van der Waals surface area contributed by atoms with Crippen LogP contribution in [0.4, 0.5) is 0 Å². The van der Waals surface area contributed by atoms with E-state index in [9.17, 15) is 0 Å². The molecule has 0 aliphatic carbocycles. The minimum absolute atomic E-state index is 0.989. The summed E-state index contributed by atoms with van der Waals surface area (Å²) in [4.78, 5) is 1.29. The van der Waals surface area contributed by atoms with E-state index in [1.165, 1.54) is 15.7 Å². The van der Waals surface area contributed by atoms with Gasteiger partial charge in [0.15, 0.2) is 0 Å². The highest BCUT2D eigenvalue weighted by Gasteiger charge is 2.08. The lowest BCUT2D eigenvalue weighted by atomic mass is 10.1. The van der Waals surface area contributed by atoms with E-state index in [4.69, 9.17) is 5.10 Å². The molecule has 1 aromatic heterocycles. The van der Waals surface area contributed by atoms with Gasteiger partial charge in [-0.25, -0.2) is 4.68 Å². The molecule has 23 heavy (non-hydrogen) atoms. The molecule has 0 aliphatic rings. The Labute approximate surface area is 139 Å². The molecule has 0 spiro atoms. The van der Waals surface area contributed by atoms with Crippen LogP contribution >= 0.6 is 11.8 Å². The van der Waals surface area contributed by atoms with E-state index in [1.807, 2.05) is 29.1 Å². The predicted molar refractivity (Wildman–Crippen MR) is 98.3 cm³/mol. The first-order valence-corrected chi connectivity index (χ1v) is 8.76. The normalized spacial score (nSPS) is 11.0. The number of hydrogen-bond donors (Lipinski definition) is 0. The second-order valence-corrected chi connectivity index (χ2v) is 6.19. The van der Waals surface area contributed by atoms with Crippen molar-refractivity contribution in [2.24, 2.45) is 0 Å². The number of thioether (sulfide) groups is 1. The number of hydrogen-bond acceptors (Lipinski definition) is 2. The van der Waals surface area contributed by atoms with E-state index < -0.39 is 0 Å². The molecule has 4 rings (SSSR count). The Morgan fingerprint density at radius 1 is 0.783 bits per heavy atom. The third kappa shape index (κ3) is 2.53. The lowest BCUT2D eigenvalue weighted by Gasteiger charge is -2.09. The van der Waals surface area contributed by atoms with Gasteiger partial charge in [0.2, 0.25) is 0 Å². The van der Waals surface area contributed by atoms with Gasteiger partial charge < -0.3 is 0 Å². The summed E-state index contributed by atoms with van der Waals surface area (Å²) in [6.07, 6.45) is 4.14. The van der Waals surface area contributed by atoms with Gasteiger partial charge in [-0.3, -0.25) is 0 Å². The first-order chi connectivity index (χ1) is 11.4. The Hall–Kier alpha value is -2.52. The van der Waals surface area contributed by atoms with E-state index in [2.05, 4.69) is 60.9 Å². The van der Waals surface area contributed by atoms with Crippen molar-refractivity contribution in [2.45, 2.75) is 4.90 Å². The van der Waals surface area contributed by atoms with E-state index in [-0.39, 0.29) is 0 Å². The van der Waals surface area contributed by atoms with Crippen molar-refractivity contribution >= 4 is 22.5 Å². The quantitative estimate of drug-likeness (QED) is 0.470. The minimum atomic E-state index is 0.989. The highest BCUT2D eigenvalue weighted by Crippen LogP contribution is 2.30. The second-order valence-electron chi connectivity index (χ2n) is 5.34. The molecule has 1 heterocycles. The second kappa shape index (κ2) is 5.94. The first kappa shape index (κ1) is 14.1. The van der Waals surface area contributed by atoms with Gasteiger partial charge in [-0.05, 0) is 29.8 Å². The van der Waals surface area contributed by atoms with E-state index in [0.717, 1.165) is 16.9 Å². The molecule has 0 bridgehead atoms. The van der Waals surface area contributed by atoms with Gasteiger partial charge in [0.1, 0.15) is 0 Å². The van der Waals surface area contributed by atoms with Crippen LogP contribution in [0, 0.1) is 0 Å². The Kier molecular flexibility index (Phi) is 3.64. The maximum atomic E-state index is 4.77. The molecule has 0 aliphatic heterocycles. The van der Waals surface area contributed by atoms with Gasteiger partial charge in [-0.2, -0.15) is 5.10 Å². The first-order valence-electron chi connectivity index (χ1n) is 7.54. The zero-order chi connectivity index (χ0) is 15.6. The van der Waals surface area contributed by atoms with Crippen LogP contribution in [-0.4, -0.2) is 16.0 Å². The summed E-state index contributed by atoms with van der Waals surface area (Å²) in [6, 6.07) is 25.2. The van der Waals surface area contributed by atoms with E-state index >= 15 is 0 Å². The standard InChI is InChI=1S/C20H16N2S/c1-23-20-12-6-9-16-17(20)10-5-11-19(16)22-14-13-18(21-22)15-7-3-2-4-8-15/h2-14H,1H3. The Bertz CT molecular complexity index is 958. The van der Waals surface area contributed by atoms with E-state index in [1.54, 1.807) is 11.8 Å². The Morgan fingerprint density at radius 3 is 2.39 bits per heavy atom. The fourth-order valence-corrected chi connectivity index (χ4v) is 3.48. The van der Waals surface area contributed by atoms with Crippen molar-refractivity contribution in [3.05, 3.63) is 79.0 Å². The van der Waals surface area contributed by atoms with Crippen LogP contribution in [0.5, 0.6) is 0 Å². The SMILES string of the molecule is CSc1cccc2c(-n3ccc(-c4ccccc4)n3)cccc12. The third-order valence-electron chi connectivity index (χ3n) is 3.98. The maximum absolute atomic E-state index is 4.77. The summed E-state index contributed by atoms with van der Waals surface area (Å²) in [5, 5.41) is 7.26. The van der Waals surface area contributed by atoms with Crippen molar-refractivity contribution in [2.75, 3.05) is 6.26 Å². The summed E-state index contributed by atoms with van der Waals surface area (Å²) in [5.41, 5.74) is 3.24. The van der Waals surface area contributed by atoms with Gasteiger partial charge >= 0.3 is 0 Å². The van der Waals surface area contributed by atoms with E-state index in [0.29, 0.717) is 0 Å². The predicted octanol–water partition coefficient (Wildman–Crippen LogP) is 5.41. The fourth-order valence-electron chi connectivity index (χ4n) is 2.86. The van der Waals surface area contributed by atoms with Crippen LogP contribution < -0.4 is 0 Å². The van der Waals surface area contributed by atoms with Crippen LogP contribution in [0.3, 0.4) is 0 Å². The van der Waals surface area contributed by atoms with Crippen molar-refractivity contribution in [1.29, 1.82) is 0 Å². The molecule has 4 aromatic rings. The number of rotatable bonds is 3. The molecule has 2 nitrogen and oxygen atoms in total. The molecule has 3 aromatic carbocycles. The van der Waals surface area contributed by atoms with Gasteiger partial charge in [0.25, 0.3) is 0 Å². The molecule has 0 atom stereocenters. The highest BCUT2D eigenvalue weighted by molar-refractivity contribution is 7.98. The third-order valence-corrected chi connectivity index (χ3v) is 4.78. The Balaban J connectivity index is 1.86. The molecule has 112 valence electrons.